The van der Waals surface area contributed by atoms with Gasteiger partial charge < -0.3 is 10.2 Å². The zero-order chi connectivity index (χ0) is 21.1. The van der Waals surface area contributed by atoms with Crippen molar-refractivity contribution in [3.8, 4) is 5.69 Å². The first-order chi connectivity index (χ1) is 14.6. The molecule has 0 aliphatic carbocycles. The topological polar surface area (TPSA) is 93.0 Å². The predicted molar refractivity (Wildman–Crippen MR) is 115 cm³/mol. The number of benzene rings is 2. The van der Waals surface area contributed by atoms with Crippen LogP contribution in [0.3, 0.4) is 0 Å². The Bertz CT molecular complexity index is 1280. The van der Waals surface area contributed by atoms with Gasteiger partial charge in [0.15, 0.2) is 0 Å². The van der Waals surface area contributed by atoms with Crippen LogP contribution in [0, 0.1) is 0 Å². The predicted octanol–water partition coefficient (Wildman–Crippen LogP) is 2.65. The second-order valence-electron chi connectivity index (χ2n) is 6.51. The van der Waals surface area contributed by atoms with Crippen molar-refractivity contribution in [1.29, 1.82) is 0 Å². The van der Waals surface area contributed by atoms with Crippen LogP contribution in [0.25, 0.3) is 16.6 Å². The van der Waals surface area contributed by atoms with Crippen LogP contribution in [-0.4, -0.2) is 39.1 Å². The first-order valence-corrected chi connectivity index (χ1v) is 9.44. The fourth-order valence-electron chi connectivity index (χ4n) is 3.05. The van der Waals surface area contributed by atoms with Gasteiger partial charge >= 0.3 is 0 Å². The molecular formula is C21H17ClN6O2. The van der Waals surface area contributed by atoms with Gasteiger partial charge in [-0.3, -0.25) is 14.2 Å². The summed E-state index contributed by atoms with van der Waals surface area (Å²) >= 11 is 6.07. The normalized spacial score (nSPS) is 12.6. The quantitative estimate of drug-likeness (QED) is 0.509. The van der Waals surface area contributed by atoms with E-state index in [0.29, 0.717) is 34.0 Å². The number of carbonyl (C=O) groups is 1. The number of hydrogen-bond donors (Lipinski definition) is 1. The molecular weight excluding hydrogens is 404 g/mol. The summed E-state index contributed by atoms with van der Waals surface area (Å²) in [6.07, 6.45) is 4.48. The Balaban J connectivity index is 0.000000158. The summed E-state index contributed by atoms with van der Waals surface area (Å²) in [5, 5.41) is 3.57. The highest BCUT2D eigenvalue weighted by Gasteiger charge is 2.20. The van der Waals surface area contributed by atoms with Gasteiger partial charge in [-0.25, -0.2) is 15.0 Å². The minimum atomic E-state index is -0.156. The molecule has 0 saturated heterocycles. The monoisotopic (exact) mass is 420 g/mol. The largest absolute Gasteiger partial charge is 0.341 e. The molecule has 2 aromatic carbocycles. The molecule has 150 valence electrons. The second-order valence-corrected chi connectivity index (χ2v) is 6.92. The van der Waals surface area contributed by atoms with Crippen molar-refractivity contribution in [2.45, 2.75) is 0 Å². The SMILES string of the molecule is CN1CNC(=O)c2cncnc21.O=c1c2c(Cl)cccc2ncn1-c1ccccc1. The lowest BCUT2D eigenvalue weighted by atomic mass is 10.2. The molecule has 1 amide bonds. The van der Waals surface area contributed by atoms with E-state index >= 15 is 0 Å². The summed E-state index contributed by atoms with van der Waals surface area (Å²) in [7, 11) is 1.87. The van der Waals surface area contributed by atoms with E-state index in [1.54, 1.807) is 18.2 Å². The van der Waals surface area contributed by atoms with E-state index in [2.05, 4.69) is 20.3 Å². The molecule has 9 heteroatoms. The summed E-state index contributed by atoms with van der Waals surface area (Å²) in [5.41, 5.74) is 1.76. The lowest BCUT2D eigenvalue weighted by Crippen LogP contribution is -2.41. The summed E-state index contributed by atoms with van der Waals surface area (Å²) in [5.74, 6) is 0.581. The Kier molecular flexibility index (Phi) is 5.40. The van der Waals surface area contributed by atoms with Crippen molar-refractivity contribution in [1.82, 2.24) is 24.8 Å². The number of nitrogens with zero attached hydrogens (tertiary/aromatic N) is 5. The van der Waals surface area contributed by atoms with Crippen LogP contribution in [0.4, 0.5) is 5.82 Å². The van der Waals surface area contributed by atoms with E-state index in [4.69, 9.17) is 11.6 Å². The summed E-state index contributed by atoms with van der Waals surface area (Å²) in [6.45, 7) is 0.503. The highest BCUT2D eigenvalue weighted by atomic mass is 35.5. The molecule has 0 fully saturated rings. The molecule has 0 bridgehead atoms. The number of rotatable bonds is 1. The Morgan fingerprint density at radius 1 is 1.03 bits per heavy atom. The van der Waals surface area contributed by atoms with E-state index in [1.165, 1.54) is 23.4 Å². The third-order valence-electron chi connectivity index (χ3n) is 4.55. The number of amides is 1. The molecule has 3 heterocycles. The third kappa shape index (κ3) is 3.72. The summed E-state index contributed by atoms with van der Waals surface area (Å²) in [4.78, 5) is 37.5. The van der Waals surface area contributed by atoms with Crippen molar-refractivity contribution in [2.75, 3.05) is 18.6 Å². The Morgan fingerprint density at radius 3 is 2.60 bits per heavy atom. The Labute approximate surface area is 176 Å². The van der Waals surface area contributed by atoms with E-state index in [0.717, 1.165) is 5.69 Å². The van der Waals surface area contributed by atoms with Gasteiger partial charge in [-0.1, -0.05) is 35.9 Å². The molecule has 2 aromatic heterocycles. The van der Waals surface area contributed by atoms with Gasteiger partial charge in [0.05, 0.1) is 28.3 Å². The van der Waals surface area contributed by atoms with Crippen LogP contribution in [0.15, 0.2) is 72.2 Å². The molecule has 0 spiro atoms. The van der Waals surface area contributed by atoms with Crippen LogP contribution < -0.4 is 15.8 Å². The number of para-hydroxylation sites is 1. The smallest absolute Gasteiger partial charge is 0.267 e. The van der Waals surface area contributed by atoms with Gasteiger partial charge in [0.1, 0.15) is 24.0 Å². The average molecular weight is 421 g/mol. The summed E-state index contributed by atoms with van der Waals surface area (Å²) in [6, 6.07) is 14.6. The standard InChI is InChI=1S/C14H9ClN2O.C7H8N4O/c15-11-7-4-8-12-13(11)14(18)17(9-16-12)10-5-2-1-3-6-10;1-11-4-10-7(12)5-2-8-3-9-6(5)11/h1-9H;2-3H,4H2,1H3,(H,10,12). The maximum Gasteiger partial charge on any atom is 0.267 e. The first kappa shape index (κ1) is 19.5. The molecule has 5 rings (SSSR count). The highest BCUT2D eigenvalue weighted by Crippen LogP contribution is 2.18. The van der Waals surface area contributed by atoms with Crippen LogP contribution in [0.2, 0.25) is 5.02 Å². The second kappa shape index (κ2) is 8.30. The van der Waals surface area contributed by atoms with Crippen molar-refractivity contribution < 1.29 is 4.79 Å². The van der Waals surface area contributed by atoms with Gasteiger partial charge in [-0.05, 0) is 24.3 Å². The fourth-order valence-corrected chi connectivity index (χ4v) is 3.30. The Morgan fingerprint density at radius 2 is 1.83 bits per heavy atom. The van der Waals surface area contributed by atoms with E-state index in [-0.39, 0.29) is 11.5 Å². The van der Waals surface area contributed by atoms with Gasteiger partial charge in [0.25, 0.3) is 11.5 Å². The molecule has 1 aliphatic heterocycles. The van der Waals surface area contributed by atoms with Gasteiger partial charge in [-0.2, -0.15) is 0 Å². The van der Waals surface area contributed by atoms with Crippen LogP contribution >= 0.6 is 11.6 Å². The zero-order valence-corrected chi connectivity index (χ0v) is 16.7. The van der Waals surface area contributed by atoms with Crippen LogP contribution in [0.1, 0.15) is 10.4 Å². The fraction of sp³-hybridized carbons (Fsp3) is 0.0952. The van der Waals surface area contributed by atoms with Crippen molar-refractivity contribution in [2.24, 2.45) is 0 Å². The molecule has 1 N–H and O–H groups in total. The third-order valence-corrected chi connectivity index (χ3v) is 4.86. The van der Waals surface area contributed by atoms with Gasteiger partial charge in [0.2, 0.25) is 0 Å². The molecule has 0 saturated carbocycles. The van der Waals surface area contributed by atoms with Crippen LogP contribution in [-0.2, 0) is 0 Å². The molecule has 4 aromatic rings. The number of anilines is 1. The number of halogens is 1. The highest BCUT2D eigenvalue weighted by molar-refractivity contribution is 6.35. The minimum Gasteiger partial charge on any atom is -0.341 e. The lowest BCUT2D eigenvalue weighted by molar-refractivity contribution is 0.0947. The molecule has 1 aliphatic rings. The minimum absolute atomic E-state index is 0.108. The zero-order valence-electron chi connectivity index (χ0n) is 16.0. The van der Waals surface area contributed by atoms with E-state index in [9.17, 15) is 9.59 Å². The van der Waals surface area contributed by atoms with Gasteiger partial charge in [-0.15, -0.1) is 0 Å². The van der Waals surface area contributed by atoms with Crippen LogP contribution in [0.5, 0.6) is 0 Å². The van der Waals surface area contributed by atoms with E-state index in [1.807, 2.05) is 42.3 Å². The van der Waals surface area contributed by atoms with Gasteiger partial charge in [0, 0.05) is 13.2 Å². The van der Waals surface area contributed by atoms with Crippen molar-refractivity contribution >= 4 is 34.2 Å². The number of carbonyl (C=O) groups excluding carboxylic acids is 1. The molecule has 8 nitrogen and oxygen atoms in total. The lowest BCUT2D eigenvalue weighted by Gasteiger charge is -2.25. The molecule has 0 atom stereocenters. The first-order valence-electron chi connectivity index (χ1n) is 9.07. The number of nitrogens with one attached hydrogen (secondary N) is 1. The molecule has 0 unspecified atom stereocenters. The maximum absolute atomic E-state index is 12.4. The van der Waals surface area contributed by atoms with E-state index < -0.39 is 0 Å². The summed E-state index contributed by atoms with van der Waals surface area (Å²) < 4.78 is 1.49. The van der Waals surface area contributed by atoms with Crippen molar-refractivity contribution in [3.63, 3.8) is 0 Å². The average Bonchev–Trinajstić information content (AvgIpc) is 2.78. The molecule has 0 radical (unpaired) electrons. The number of hydrogen-bond acceptors (Lipinski definition) is 6. The molecule has 30 heavy (non-hydrogen) atoms. The number of aromatic nitrogens is 4. The van der Waals surface area contributed by atoms with Crippen molar-refractivity contribution in [3.05, 3.63) is 88.3 Å². The maximum atomic E-state index is 12.4. The Hall–Kier alpha value is -3.78. The number of fused-ring (bicyclic) bond motifs is 2.